The summed E-state index contributed by atoms with van der Waals surface area (Å²) in [7, 11) is 0. The number of phenols is 1. The molecule has 0 aliphatic rings. The zero-order valence-electron chi connectivity index (χ0n) is 13.1. The number of benzene rings is 2. The van der Waals surface area contributed by atoms with Crippen molar-refractivity contribution in [1.29, 1.82) is 0 Å². The van der Waals surface area contributed by atoms with Crippen LogP contribution in [0.3, 0.4) is 0 Å². The first-order valence-electron chi connectivity index (χ1n) is 7.54. The molecule has 0 radical (unpaired) electrons. The van der Waals surface area contributed by atoms with E-state index in [2.05, 4.69) is 26.0 Å². The van der Waals surface area contributed by atoms with Gasteiger partial charge in [0, 0.05) is 17.7 Å². The molecule has 0 spiro atoms. The number of aromatic hydroxyl groups is 1. The quantitative estimate of drug-likeness (QED) is 0.628. The van der Waals surface area contributed by atoms with Crippen molar-refractivity contribution in [2.75, 3.05) is 6.54 Å². The summed E-state index contributed by atoms with van der Waals surface area (Å²) in [5.41, 5.74) is 5.10. The van der Waals surface area contributed by atoms with Crippen molar-refractivity contribution in [2.45, 2.75) is 33.6 Å². The van der Waals surface area contributed by atoms with Crippen molar-refractivity contribution in [3.63, 3.8) is 0 Å². The van der Waals surface area contributed by atoms with Gasteiger partial charge in [0.1, 0.15) is 5.75 Å². The number of aryl methyl sites for hydroxylation is 2. The van der Waals surface area contributed by atoms with Crippen LogP contribution in [0.15, 0.2) is 47.5 Å². The van der Waals surface area contributed by atoms with E-state index in [-0.39, 0.29) is 0 Å². The maximum absolute atomic E-state index is 10.2. The number of hydrogen-bond acceptors (Lipinski definition) is 2. The molecule has 110 valence electrons. The SMILES string of the molecule is CCCCN=C(c1ccccc1C)c1cc(C)ccc1O. The van der Waals surface area contributed by atoms with Gasteiger partial charge in [-0.05, 0) is 38.0 Å². The molecule has 0 unspecified atom stereocenters. The first-order valence-corrected chi connectivity index (χ1v) is 7.54. The second kappa shape index (κ2) is 7.07. The average Bonchev–Trinajstić information content (AvgIpc) is 2.48. The molecule has 0 fully saturated rings. The molecule has 0 bridgehead atoms. The van der Waals surface area contributed by atoms with E-state index in [1.165, 1.54) is 5.56 Å². The second-order valence-corrected chi connectivity index (χ2v) is 5.42. The molecule has 0 saturated heterocycles. The average molecular weight is 281 g/mol. The Hall–Kier alpha value is -2.09. The van der Waals surface area contributed by atoms with E-state index in [1.54, 1.807) is 6.07 Å². The molecule has 1 N–H and O–H groups in total. The highest BCUT2D eigenvalue weighted by molar-refractivity contribution is 6.15. The third kappa shape index (κ3) is 3.72. The molecule has 21 heavy (non-hydrogen) atoms. The molecule has 2 rings (SSSR count). The lowest BCUT2D eigenvalue weighted by Crippen LogP contribution is -2.07. The van der Waals surface area contributed by atoms with Gasteiger partial charge in [-0.15, -0.1) is 0 Å². The summed E-state index contributed by atoms with van der Waals surface area (Å²) in [6.07, 6.45) is 2.17. The lowest BCUT2D eigenvalue weighted by Gasteiger charge is -2.13. The number of phenolic OH excluding ortho intramolecular Hbond substituents is 1. The van der Waals surface area contributed by atoms with E-state index in [9.17, 15) is 5.11 Å². The van der Waals surface area contributed by atoms with E-state index in [4.69, 9.17) is 4.99 Å². The van der Waals surface area contributed by atoms with Gasteiger partial charge in [-0.2, -0.15) is 0 Å². The summed E-state index contributed by atoms with van der Waals surface area (Å²) in [6.45, 7) is 7.06. The van der Waals surface area contributed by atoms with Crippen LogP contribution >= 0.6 is 0 Å². The first kappa shape index (κ1) is 15.3. The lowest BCUT2D eigenvalue weighted by molar-refractivity contribution is 0.474. The van der Waals surface area contributed by atoms with Crippen LogP contribution in [-0.4, -0.2) is 17.4 Å². The summed E-state index contributed by atoms with van der Waals surface area (Å²) < 4.78 is 0. The number of unbranched alkanes of at least 4 members (excludes halogenated alkanes) is 1. The molecule has 2 heteroatoms. The highest BCUT2D eigenvalue weighted by atomic mass is 16.3. The molecule has 0 aromatic heterocycles. The molecule has 0 heterocycles. The Morgan fingerprint density at radius 3 is 2.52 bits per heavy atom. The van der Waals surface area contributed by atoms with Crippen LogP contribution in [0, 0.1) is 13.8 Å². The van der Waals surface area contributed by atoms with Gasteiger partial charge in [0.05, 0.1) is 5.71 Å². The monoisotopic (exact) mass is 281 g/mol. The van der Waals surface area contributed by atoms with Crippen LogP contribution < -0.4 is 0 Å². The third-order valence-corrected chi connectivity index (χ3v) is 3.59. The van der Waals surface area contributed by atoms with Gasteiger partial charge >= 0.3 is 0 Å². The van der Waals surface area contributed by atoms with Crippen LogP contribution in [0.25, 0.3) is 0 Å². The molecule has 0 amide bonds. The highest BCUT2D eigenvalue weighted by Gasteiger charge is 2.13. The Morgan fingerprint density at radius 2 is 1.81 bits per heavy atom. The fourth-order valence-electron chi connectivity index (χ4n) is 2.34. The molecule has 2 aromatic carbocycles. The van der Waals surface area contributed by atoms with Crippen LogP contribution in [0.1, 0.15) is 42.0 Å². The molecule has 2 nitrogen and oxygen atoms in total. The predicted molar refractivity (Wildman–Crippen MR) is 89.4 cm³/mol. The van der Waals surface area contributed by atoms with Crippen molar-refractivity contribution in [3.8, 4) is 5.75 Å². The van der Waals surface area contributed by atoms with Crippen LogP contribution in [-0.2, 0) is 0 Å². The normalized spacial score (nSPS) is 11.7. The first-order chi connectivity index (χ1) is 10.1. The van der Waals surface area contributed by atoms with Gasteiger partial charge in [-0.1, -0.05) is 49.2 Å². The van der Waals surface area contributed by atoms with Crippen LogP contribution in [0.4, 0.5) is 0 Å². The zero-order chi connectivity index (χ0) is 15.2. The Bertz CT molecular complexity index is 644. The molecule has 0 aliphatic heterocycles. The Kier molecular flexibility index (Phi) is 5.15. The standard InChI is InChI=1S/C19H23NO/c1-4-5-12-20-19(16-9-7-6-8-15(16)3)17-13-14(2)10-11-18(17)21/h6-11,13,21H,4-5,12H2,1-3H3. The summed E-state index contributed by atoms with van der Waals surface area (Å²) in [6, 6.07) is 13.9. The molecular formula is C19H23NO. The van der Waals surface area contributed by atoms with E-state index in [0.29, 0.717) is 5.75 Å². The minimum atomic E-state index is 0.291. The summed E-state index contributed by atoms with van der Waals surface area (Å²) in [5, 5.41) is 10.2. The topological polar surface area (TPSA) is 32.6 Å². The Labute approximate surface area is 127 Å². The van der Waals surface area contributed by atoms with Gasteiger partial charge in [-0.3, -0.25) is 4.99 Å². The van der Waals surface area contributed by atoms with E-state index in [1.807, 2.05) is 31.2 Å². The van der Waals surface area contributed by atoms with Crippen molar-refractivity contribution in [3.05, 3.63) is 64.7 Å². The van der Waals surface area contributed by atoms with Gasteiger partial charge in [-0.25, -0.2) is 0 Å². The fraction of sp³-hybridized carbons (Fsp3) is 0.316. The number of rotatable bonds is 5. The maximum atomic E-state index is 10.2. The second-order valence-electron chi connectivity index (χ2n) is 5.42. The predicted octanol–water partition coefficient (Wildman–Crippen LogP) is 4.65. The number of aliphatic imine (C=N–C) groups is 1. The number of hydrogen-bond donors (Lipinski definition) is 1. The Balaban J connectivity index is 2.54. The van der Waals surface area contributed by atoms with Crippen molar-refractivity contribution >= 4 is 5.71 Å². The molecule has 2 aromatic rings. The Morgan fingerprint density at radius 1 is 1.05 bits per heavy atom. The van der Waals surface area contributed by atoms with Gasteiger partial charge in [0.2, 0.25) is 0 Å². The zero-order valence-corrected chi connectivity index (χ0v) is 13.1. The van der Waals surface area contributed by atoms with Gasteiger partial charge in [0.25, 0.3) is 0 Å². The third-order valence-electron chi connectivity index (χ3n) is 3.59. The molecule has 0 atom stereocenters. The van der Waals surface area contributed by atoms with Crippen molar-refractivity contribution in [2.24, 2.45) is 4.99 Å². The summed E-state index contributed by atoms with van der Waals surface area (Å²) >= 11 is 0. The maximum Gasteiger partial charge on any atom is 0.124 e. The summed E-state index contributed by atoms with van der Waals surface area (Å²) in [4.78, 5) is 4.77. The van der Waals surface area contributed by atoms with Gasteiger partial charge in [0.15, 0.2) is 0 Å². The van der Waals surface area contributed by atoms with Gasteiger partial charge < -0.3 is 5.11 Å². The smallest absolute Gasteiger partial charge is 0.124 e. The molecule has 0 aliphatic carbocycles. The fourth-order valence-corrected chi connectivity index (χ4v) is 2.34. The van der Waals surface area contributed by atoms with E-state index in [0.717, 1.165) is 41.8 Å². The highest BCUT2D eigenvalue weighted by Crippen LogP contribution is 2.24. The minimum Gasteiger partial charge on any atom is -0.507 e. The summed E-state index contributed by atoms with van der Waals surface area (Å²) in [5.74, 6) is 0.291. The lowest BCUT2D eigenvalue weighted by atomic mass is 9.96. The minimum absolute atomic E-state index is 0.291. The van der Waals surface area contributed by atoms with E-state index < -0.39 is 0 Å². The largest absolute Gasteiger partial charge is 0.507 e. The molecular weight excluding hydrogens is 258 g/mol. The van der Waals surface area contributed by atoms with Crippen LogP contribution in [0.2, 0.25) is 0 Å². The molecule has 0 saturated carbocycles. The number of nitrogens with zero attached hydrogens (tertiary/aromatic N) is 1. The van der Waals surface area contributed by atoms with Crippen molar-refractivity contribution < 1.29 is 5.11 Å². The van der Waals surface area contributed by atoms with Crippen LogP contribution in [0.5, 0.6) is 5.75 Å². The van der Waals surface area contributed by atoms with Crippen molar-refractivity contribution in [1.82, 2.24) is 0 Å². The van der Waals surface area contributed by atoms with E-state index >= 15 is 0 Å².